The SMILES string of the molecule is C[C@H](NC(=O)c1cc2ccccc2s1)c1ccc(C(=O)NO)s1. The van der Waals surface area contributed by atoms with Gasteiger partial charge in [-0.15, -0.1) is 22.7 Å². The lowest BCUT2D eigenvalue weighted by molar-refractivity contribution is 0.0711. The molecule has 0 unspecified atom stereocenters. The minimum atomic E-state index is -0.552. The Morgan fingerprint density at radius 2 is 1.83 bits per heavy atom. The summed E-state index contributed by atoms with van der Waals surface area (Å²) in [4.78, 5) is 25.6. The Morgan fingerprint density at radius 1 is 1.04 bits per heavy atom. The van der Waals surface area contributed by atoms with Crippen molar-refractivity contribution in [2.24, 2.45) is 0 Å². The van der Waals surface area contributed by atoms with Crippen LogP contribution in [0, 0.1) is 0 Å². The average Bonchev–Trinajstić information content (AvgIpc) is 3.20. The zero-order valence-electron chi connectivity index (χ0n) is 12.2. The number of nitrogens with one attached hydrogen (secondary N) is 2. The van der Waals surface area contributed by atoms with E-state index in [0.29, 0.717) is 9.75 Å². The molecule has 3 aromatic rings. The summed E-state index contributed by atoms with van der Waals surface area (Å²) in [5.41, 5.74) is 1.60. The second-order valence-corrected chi connectivity index (χ2v) is 7.19. The second-order valence-electron chi connectivity index (χ2n) is 4.99. The van der Waals surface area contributed by atoms with Gasteiger partial charge in [0.25, 0.3) is 11.8 Å². The fourth-order valence-electron chi connectivity index (χ4n) is 2.20. The summed E-state index contributed by atoms with van der Waals surface area (Å²) < 4.78 is 1.07. The normalized spacial score (nSPS) is 12.1. The molecule has 2 amide bonds. The number of benzene rings is 1. The van der Waals surface area contributed by atoms with Crippen molar-refractivity contribution in [1.82, 2.24) is 10.8 Å². The van der Waals surface area contributed by atoms with Gasteiger partial charge in [-0.2, -0.15) is 0 Å². The second kappa shape index (κ2) is 6.49. The molecule has 2 aromatic heterocycles. The molecule has 0 saturated carbocycles. The van der Waals surface area contributed by atoms with Crippen LogP contribution in [0.1, 0.15) is 37.2 Å². The van der Waals surface area contributed by atoms with Crippen molar-refractivity contribution in [2.45, 2.75) is 13.0 Å². The molecule has 2 heterocycles. The van der Waals surface area contributed by atoms with Gasteiger partial charge in [0.1, 0.15) is 0 Å². The molecule has 3 rings (SSSR count). The van der Waals surface area contributed by atoms with Gasteiger partial charge < -0.3 is 5.32 Å². The number of amides is 2. The van der Waals surface area contributed by atoms with Crippen molar-refractivity contribution in [2.75, 3.05) is 0 Å². The third-order valence-electron chi connectivity index (χ3n) is 3.38. The molecule has 3 N–H and O–H groups in total. The molecule has 0 aliphatic heterocycles. The molecule has 0 aliphatic carbocycles. The summed E-state index contributed by atoms with van der Waals surface area (Å²) in [6.07, 6.45) is 0. The summed E-state index contributed by atoms with van der Waals surface area (Å²) >= 11 is 2.68. The fraction of sp³-hybridized carbons (Fsp3) is 0.125. The molecule has 0 fully saturated rings. The first-order chi connectivity index (χ1) is 11.1. The molecule has 0 radical (unpaired) electrons. The number of hydrogen-bond donors (Lipinski definition) is 3. The van der Waals surface area contributed by atoms with Gasteiger partial charge in [-0.3, -0.25) is 14.8 Å². The minimum Gasteiger partial charge on any atom is -0.344 e. The average molecular weight is 346 g/mol. The standard InChI is InChI=1S/C16H14N2O3S2/c1-9(11-6-7-13(22-11)16(20)18-21)17-15(19)14-8-10-4-2-3-5-12(10)23-14/h2-9,21H,1H3,(H,17,19)(H,18,20)/t9-/m0/s1. The number of rotatable bonds is 4. The first-order valence-corrected chi connectivity index (χ1v) is 8.55. The fourth-order valence-corrected chi connectivity index (χ4v) is 4.06. The quantitative estimate of drug-likeness (QED) is 0.499. The van der Waals surface area contributed by atoms with E-state index in [1.165, 1.54) is 22.7 Å². The van der Waals surface area contributed by atoms with Gasteiger partial charge in [-0.05, 0) is 36.6 Å². The van der Waals surface area contributed by atoms with E-state index < -0.39 is 5.91 Å². The molecule has 0 bridgehead atoms. The predicted octanol–water partition coefficient (Wildman–Crippen LogP) is 3.57. The van der Waals surface area contributed by atoms with Crippen LogP contribution in [-0.2, 0) is 0 Å². The van der Waals surface area contributed by atoms with E-state index >= 15 is 0 Å². The number of carbonyl (C=O) groups excluding carboxylic acids is 2. The number of hydroxylamine groups is 1. The van der Waals surface area contributed by atoms with Crippen molar-refractivity contribution in [1.29, 1.82) is 0 Å². The summed E-state index contributed by atoms with van der Waals surface area (Å²) in [6.45, 7) is 1.86. The molecule has 0 saturated heterocycles. The monoisotopic (exact) mass is 346 g/mol. The number of fused-ring (bicyclic) bond motifs is 1. The van der Waals surface area contributed by atoms with Crippen molar-refractivity contribution in [3.8, 4) is 0 Å². The van der Waals surface area contributed by atoms with Crippen LogP contribution in [0.4, 0.5) is 0 Å². The van der Waals surface area contributed by atoms with E-state index in [4.69, 9.17) is 5.21 Å². The highest BCUT2D eigenvalue weighted by molar-refractivity contribution is 7.20. The molecule has 0 aliphatic rings. The molecule has 118 valence electrons. The van der Waals surface area contributed by atoms with Crippen LogP contribution in [0.15, 0.2) is 42.5 Å². The van der Waals surface area contributed by atoms with Gasteiger partial charge in [-0.25, -0.2) is 5.48 Å². The number of carbonyl (C=O) groups is 2. The lowest BCUT2D eigenvalue weighted by atomic mass is 10.2. The summed E-state index contributed by atoms with van der Waals surface area (Å²) in [5.74, 6) is -0.690. The molecule has 23 heavy (non-hydrogen) atoms. The van der Waals surface area contributed by atoms with Crippen LogP contribution in [0.25, 0.3) is 10.1 Å². The molecular weight excluding hydrogens is 332 g/mol. The third kappa shape index (κ3) is 3.26. The van der Waals surface area contributed by atoms with E-state index in [1.54, 1.807) is 17.6 Å². The Morgan fingerprint density at radius 3 is 2.57 bits per heavy atom. The topological polar surface area (TPSA) is 78.4 Å². The summed E-state index contributed by atoms with van der Waals surface area (Å²) in [7, 11) is 0. The largest absolute Gasteiger partial charge is 0.344 e. The summed E-state index contributed by atoms with van der Waals surface area (Å²) in [5, 5.41) is 12.6. The first kappa shape index (κ1) is 15.7. The Bertz CT molecular complexity index is 836. The molecule has 5 nitrogen and oxygen atoms in total. The van der Waals surface area contributed by atoms with Crippen LogP contribution in [0.5, 0.6) is 0 Å². The van der Waals surface area contributed by atoms with Crippen LogP contribution in [0.2, 0.25) is 0 Å². The van der Waals surface area contributed by atoms with E-state index in [1.807, 2.05) is 37.3 Å². The van der Waals surface area contributed by atoms with Gasteiger partial charge in [-0.1, -0.05) is 18.2 Å². The highest BCUT2D eigenvalue weighted by atomic mass is 32.1. The van der Waals surface area contributed by atoms with Crippen LogP contribution < -0.4 is 10.8 Å². The van der Waals surface area contributed by atoms with Crippen molar-refractivity contribution in [3.63, 3.8) is 0 Å². The Labute approximate surface area is 140 Å². The zero-order valence-corrected chi connectivity index (χ0v) is 13.8. The smallest absolute Gasteiger partial charge is 0.284 e. The van der Waals surface area contributed by atoms with E-state index in [2.05, 4.69) is 5.32 Å². The van der Waals surface area contributed by atoms with Crippen LogP contribution in [-0.4, -0.2) is 17.0 Å². The lowest BCUT2D eigenvalue weighted by Gasteiger charge is -2.11. The van der Waals surface area contributed by atoms with E-state index in [-0.39, 0.29) is 11.9 Å². The lowest BCUT2D eigenvalue weighted by Crippen LogP contribution is -2.25. The number of thiophene rings is 2. The minimum absolute atomic E-state index is 0.139. The Hall–Kier alpha value is -2.22. The van der Waals surface area contributed by atoms with Crippen molar-refractivity contribution < 1.29 is 14.8 Å². The maximum Gasteiger partial charge on any atom is 0.284 e. The van der Waals surface area contributed by atoms with Crippen LogP contribution >= 0.6 is 22.7 Å². The molecule has 1 atom stereocenters. The predicted molar refractivity (Wildman–Crippen MR) is 91.3 cm³/mol. The molecule has 0 spiro atoms. The Balaban J connectivity index is 1.74. The van der Waals surface area contributed by atoms with Crippen molar-refractivity contribution in [3.05, 3.63) is 57.1 Å². The molecular formula is C16H14N2O3S2. The van der Waals surface area contributed by atoms with E-state index in [9.17, 15) is 9.59 Å². The first-order valence-electron chi connectivity index (χ1n) is 6.92. The van der Waals surface area contributed by atoms with Crippen LogP contribution in [0.3, 0.4) is 0 Å². The highest BCUT2D eigenvalue weighted by Gasteiger charge is 2.17. The van der Waals surface area contributed by atoms with Gasteiger partial charge in [0.05, 0.1) is 15.8 Å². The van der Waals surface area contributed by atoms with Gasteiger partial charge >= 0.3 is 0 Å². The van der Waals surface area contributed by atoms with E-state index in [0.717, 1.165) is 15.0 Å². The van der Waals surface area contributed by atoms with Gasteiger partial charge in [0, 0.05) is 9.58 Å². The number of hydrogen-bond acceptors (Lipinski definition) is 5. The molecule has 1 aromatic carbocycles. The molecule has 7 heteroatoms. The maximum absolute atomic E-state index is 12.4. The highest BCUT2D eigenvalue weighted by Crippen LogP contribution is 2.27. The van der Waals surface area contributed by atoms with Gasteiger partial charge in [0.15, 0.2) is 0 Å². The summed E-state index contributed by atoms with van der Waals surface area (Å²) in [6, 6.07) is 12.9. The zero-order chi connectivity index (χ0) is 16.4. The van der Waals surface area contributed by atoms with Crippen molar-refractivity contribution >= 4 is 44.6 Å². The van der Waals surface area contributed by atoms with Gasteiger partial charge in [0.2, 0.25) is 0 Å². The Kier molecular flexibility index (Phi) is 4.42. The third-order valence-corrected chi connectivity index (χ3v) is 5.76. The maximum atomic E-state index is 12.4.